The molecule has 190 valence electrons. The summed E-state index contributed by atoms with van der Waals surface area (Å²) in [7, 11) is 4.14. The third-order valence-corrected chi connectivity index (χ3v) is 6.17. The number of anilines is 3. The molecule has 0 atom stereocenters. The molecule has 1 aromatic carbocycles. The second kappa shape index (κ2) is 9.70. The predicted molar refractivity (Wildman–Crippen MR) is 146 cm³/mol. The minimum Gasteiger partial charge on any atom is -0.364 e. The van der Waals surface area contributed by atoms with Gasteiger partial charge in [-0.05, 0) is 53.1 Å². The highest BCUT2D eigenvalue weighted by Crippen LogP contribution is 2.25. The lowest BCUT2D eigenvalue weighted by molar-refractivity contribution is 0.102. The molecule has 1 amide bonds. The number of benzene rings is 1. The fourth-order valence-electron chi connectivity index (χ4n) is 4.07. The molecule has 37 heavy (non-hydrogen) atoms. The Bertz CT molecular complexity index is 1440. The van der Waals surface area contributed by atoms with Crippen LogP contribution in [0.3, 0.4) is 0 Å². The number of aromatic nitrogens is 5. The quantitative estimate of drug-likeness (QED) is 0.412. The van der Waals surface area contributed by atoms with Gasteiger partial charge >= 0.3 is 0 Å². The van der Waals surface area contributed by atoms with Crippen molar-refractivity contribution in [2.24, 2.45) is 0 Å². The first-order chi connectivity index (χ1) is 17.6. The van der Waals surface area contributed by atoms with E-state index in [-0.39, 0.29) is 17.4 Å². The average molecular weight is 498 g/mol. The van der Waals surface area contributed by atoms with Crippen LogP contribution in [0.5, 0.6) is 0 Å². The minimum absolute atomic E-state index is 0.128. The van der Waals surface area contributed by atoms with Gasteiger partial charge in [-0.1, -0.05) is 12.1 Å². The first-order valence-electron chi connectivity index (χ1n) is 12.2. The highest BCUT2D eigenvalue weighted by atomic mass is 16.1. The van der Waals surface area contributed by atoms with Crippen LogP contribution in [-0.4, -0.2) is 74.5 Å². The molecule has 1 saturated heterocycles. The molecule has 1 fully saturated rings. The first kappa shape index (κ1) is 24.5. The van der Waals surface area contributed by atoms with Gasteiger partial charge in [0, 0.05) is 53.6 Å². The molecule has 1 aliphatic rings. The number of likely N-dealkylation sites (N-methyl/N-ethyl adjacent to an activating group) is 1. The monoisotopic (exact) mass is 497 g/mol. The maximum atomic E-state index is 13.0. The Labute approximate surface area is 216 Å². The van der Waals surface area contributed by atoms with E-state index in [4.69, 9.17) is 4.98 Å². The number of amides is 1. The zero-order valence-electron chi connectivity index (χ0n) is 21.7. The topological polar surface area (TPSA) is 112 Å². The number of rotatable bonds is 6. The lowest BCUT2D eigenvalue weighted by Gasteiger charge is -2.43. The van der Waals surface area contributed by atoms with Crippen molar-refractivity contribution in [2.75, 3.05) is 42.7 Å². The van der Waals surface area contributed by atoms with E-state index in [0.717, 1.165) is 35.6 Å². The van der Waals surface area contributed by atoms with Crippen LogP contribution in [0.15, 0.2) is 55.1 Å². The number of pyridine rings is 1. The number of carbonyl (C=O) groups is 1. The maximum absolute atomic E-state index is 13.0. The predicted octanol–water partition coefficient (Wildman–Crippen LogP) is 3.69. The fraction of sp³-hybridized carbons (Fsp3) is 0.333. The van der Waals surface area contributed by atoms with Crippen LogP contribution in [0.2, 0.25) is 0 Å². The fourth-order valence-corrected chi connectivity index (χ4v) is 4.07. The lowest BCUT2D eigenvalue weighted by Crippen LogP contribution is -2.57. The average Bonchev–Trinajstić information content (AvgIpc) is 2.82. The van der Waals surface area contributed by atoms with Crippen LogP contribution in [0, 0.1) is 0 Å². The highest BCUT2D eigenvalue weighted by molar-refractivity contribution is 6.04. The summed E-state index contributed by atoms with van der Waals surface area (Å²) in [5.41, 5.74) is 2.68. The lowest BCUT2D eigenvalue weighted by atomic mass is 10.1. The Morgan fingerprint density at radius 1 is 1.03 bits per heavy atom. The minimum atomic E-state index is -0.282. The number of hydrogen-bond donors (Lipinski definition) is 2. The molecule has 3 aromatic heterocycles. The van der Waals surface area contributed by atoms with Crippen LogP contribution < -0.4 is 15.5 Å². The normalized spacial score (nSPS) is 14.1. The smallest absolute Gasteiger partial charge is 0.258 e. The summed E-state index contributed by atoms with van der Waals surface area (Å²) in [5.74, 6) is 1.45. The summed E-state index contributed by atoms with van der Waals surface area (Å²) in [6.07, 6.45) is 6.78. The molecular weight excluding hydrogens is 466 g/mol. The Balaban J connectivity index is 1.33. The van der Waals surface area contributed by atoms with Gasteiger partial charge in [-0.15, -0.1) is 0 Å². The summed E-state index contributed by atoms with van der Waals surface area (Å²) in [4.78, 5) is 39.7. The summed E-state index contributed by atoms with van der Waals surface area (Å²) < 4.78 is 0. The molecule has 0 radical (unpaired) electrons. The second-order valence-corrected chi connectivity index (χ2v) is 10.5. The van der Waals surface area contributed by atoms with Crippen molar-refractivity contribution >= 4 is 34.4 Å². The SMILES string of the molecule is CN(C)C1CN(c2cc(C(=O)Nc3ncc4ccc(-c5cncc(NC(C)(C)C)n5)cc4n3)ccn2)C1. The molecule has 0 unspecified atom stereocenters. The van der Waals surface area contributed by atoms with E-state index >= 15 is 0 Å². The largest absolute Gasteiger partial charge is 0.364 e. The van der Waals surface area contributed by atoms with Gasteiger partial charge in [-0.25, -0.2) is 19.9 Å². The van der Waals surface area contributed by atoms with Crippen LogP contribution in [-0.2, 0) is 0 Å². The molecule has 5 rings (SSSR count). The van der Waals surface area contributed by atoms with Crippen LogP contribution in [0.1, 0.15) is 31.1 Å². The van der Waals surface area contributed by atoms with Crippen molar-refractivity contribution in [3.63, 3.8) is 0 Å². The molecule has 4 aromatic rings. The van der Waals surface area contributed by atoms with Gasteiger partial charge < -0.3 is 15.1 Å². The molecular formula is C27H31N9O. The van der Waals surface area contributed by atoms with E-state index in [1.165, 1.54) is 0 Å². The molecule has 1 aliphatic heterocycles. The van der Waals surface area contributed by atoms with Gasteiger partial charge in [0.2, 0.25) is 5.95 Å². The third kappa shape index (κ3) is 5.64. The molecule has 2 N–H and O–H groups in total. The van der Waals surface area contributed by atoms with E-state index in [1.54, 1.807) is 36.9 Å². The number of hydrogen-bond acceptors (Lipinski definition) is 9. The van der Waals surface area contributed by atoms with E-state index in [0.29, 0.717) is 22.9 Å². The molecule has 0 aliphatic carbocycles. The maximum Gasteiger partial charge on any atom is 0.258 e. The van der Waals surface area contributed by atoms with Crippen molar-refractivity contribution in [1.82, 2.24) is 29.8 Å². The molecule has 0 saturated carbocycles. The summed E-state index contributed by atoms with van der Waals surface area (Å²) >= 11 is 0. The van der Waals surface area contributed by atoms with E-state index in [9.17, 15) is 4.79 Å². The van der Waals surface area contributed by atoms with Gasteiger partial charge in [-0.3, -0.25) is 15.1 Å². The molecule has 10 heteroatoms. The summed E-state index contributed by atoms with van der Waals surface area (Å²) in [5, 5.41) is 7.02. The van der Waals surface area contributed by atoms with E-state index in [1.807, 2.05) is 18.2 Å². The van der Waals surface area contributed by atoms with Gasteiger partial charge in [0.05, 0.1) is 23.6 Å². The molecule has 4 heterocycles. The van der Waals surface area contributed by atoms with Gasteiger partial charge in [0.1, 0.15) is 11.6 Å². The van der Waals surface area contributed by atoms with Crippen molar-refractivity contribution < 1.29 is 4.79 Å². The zero-order valence-corrected chi connectivity index (χ0v) is 21.7. The zero-order chi connectivity index (χ0) is 26.2. The highest BCUT2D eigenvalue weighted by Gasteiger charge is 2.29. The van der Waals surface area contributed by atoms with Crippen molar-refractivity contribution in [2.45, 2.75) is 32.4 Å². The van der Waals surface area contributed by atoms with Crippen molar-refractivity contribution in [3.8, 4) is 11.3 Å². The number of nitrogens with zero attached hydrogens (tertiary/aromatic N) is 7. The summed E-state index contributed by atoms with van der Waals surface area (Å²) in [6.45, 7) is 7.99. The molecule has 0 bridgehead atoms. The first-order valence-corrected chi connectivity index (χ1v) is 12.2. The van der Waals surface area contributed by atoms with E-state index in [2.05, 4.69) is 75.2 Å². The van der Waals surface area contributed by atoms with Gasteiger partial charge in [0.15, 0.2) is 0 Å². The van der Waals surface area contributed by atoms with Crippen molar-refractivity contribution in [1.29, 1.82) is 0 Å². The van der Waals surface area contributed by atoms with E-state index < -0.39 is 0 Å². The second-order valence-electron chi connectivity index (χ2n) is 10.5. The standard InChI is InChI=1S/C27H31N9O/c1-27(2,3)34-23-14-28-13-22(31-23)17-6-7-19-12-30-26(32-21(19)10-17)33-25(37)18-8-9-29-24(11-18)36-15-20(16-36)35(4)5/h6-14,20H,15-16H2,1-5H3,(H,31,34)(H,30,32,33,37). The Kier molecular flexibility index (Phi) is 6.43. The van der Waals surface area contributed by atoms with Gasteiger partial charge in [-0.2, -0.15) is 0 Å². The van der Waals surface area contributed by atoms with Crippen molar-refractivity contribution in [3.05, 3.63) is 60.7 Å². The van der Waals surface area contributed by atoms with Crippen LogP contribution >= 0.6 is 0 Å². The number of nitrogens with one attached hydrogen (secondary N) is 2. The number of fused-ring (bicyclic) bond motifs is 1. The Hall–Kier alpha value is -4.18. The summed E-state index contributed by atoms with van der Waals surface area (Å²) in [6, 6.07) is 9.82. The van der Waals surface area contributed by atoms with Gasteiger partial charge in [0.25, 0.3) is 5.91 Å². The third-order valence-electron chi connectivity index (χ3n) is 6.17. The Morgan fingerprint density at radius 3 is 2.59 bits per heavy atom. The molecule has 10 nitrogen and oxygen atoms in total. The Morgan fingerprint density at radius 2 is 1.84 bits per heavy atom. The van der Waals surface area contributed by atoms with Crippen LogP contribution in [0.4, 0.5) is 17.6 Å². The number of carbonyl (C=O) groups excluding carboxylic acids is 1. The van der Waals surface area contributed by atoms with Crippen LogP contribution in [0.25, 0.3) is 22.2 Å². The molecule has 0 spiro atoms.